The number of likely N-dealkylation sites (tertiary alicyclic amines) is 2. The standard InChI is InChI=1S/C36H39FN4O3/c37-30-22-29-27(24-41(35(29)44)31-11-12-32(42)38-34(31)43)21-28(30)23-39-17-13-36(14-18-39)15-19-40(20-16-36)33(25-7-3-1-4-8-25)26-9-5-2-6-10-26/h1-10,21-22,31,33H,11-20,23-24H2,(H,38,42,43). The number of fused-ring (bicyclic) bond motifs is 1. The Hall–Kier alpha value is -3.88. The fourth-order valence-electron chi connectivity index (χ4n) is 7.83. The fourth-order valence-corrected chi connectivity index (χ4v) is 7.83. The van der Waals surface area contributed by atoms with Crippen molar-refractivity contribution in [2.75, 3.05) is 26.2 Å². The molecule has 7 nitrogen and oxygen atoms in total. The van der Waals surface area contributed by atoms with Gasteiger partial charge in [-0.05, 0) is 92.5 Å². The van der Waals surface area contributed by atoms with Crippen LogP contribution in [0.1, 0.15) is 77.2 Å². The molecule has 0 radical (unpaired) electrons. The van der Waals surface area contributed by atoms with E-state index in [1.165, 1.54) is 34.9 Å². The lowest BCUT2D eigenvalue weighted by molar-refractivity contribution is -0.136. The van der Waals surface area contributed by atoms with Crippen molar-refractivity contribution in [3.63, 3.8) is 0 Å². The summed E-state index contributed by atoms with van der Waals surface area (Å²) in [4.78, 5) is 43.5. The second-order valence-corrected chi connectivity index (χ2v) is 13.0. The lowest BCUT2D eigenvalue weighted by Crippen LogP contribution is -2.52. The third-order valence-electron chi connectivity index (χ3n) is 10.5. The minimum Gasteiger partial charge on any atom is -0.322 e. The van der Waals surface area contributed by atoms with Crippen molar-refractivity contribution in [2.45, 2.75) is 63.7 Å². The van der Waals surface area contributed by atoms with E-state index in [1.54, 1.807) is 0 Å². The highest BCUT2D eigenvalue weighted by molar-refractivity contribution is 6.05. The molecule has 3 fully saturated rings. The highest BCUT2D eigenvalue weighted by Crippen LogP contribution is 2.44. The molecule has 8 heteroatoms. The van der Waals surface area contributed by atoms with Gasteiger partial charge in [0.2, 0.25) is 11.8 Å². The van der Waals surface area contributed by atoms with E-state index in [9.17, 15) is 14.4 Å². The molecule has 228 valence electrons. The molecule has 1 N–H and O–H groups in total. The third kappa shape index (κ3) is 5.57. The summed E-state index contributed by atoms with van der Waals surface area (Å²) < 4.78 is 15.3. The number of rotatable bonds is 6. The summed E-state index contributed by atoms with van der Waals surface area (Å²) in [6.45, 7) is 4.76. The summed E-state index contributed by atoms with van der Waals surface area (Å²) in [6.07, 6.45) is 5.05. The van der Waals surface area contributed by atoms with Crippen LogP contribution in [0.25, 0.3) is 0 Å². The van der Waals surface area contributed by atoms with Crippen molar-refractivity contribution in [3.05, 3.63) is 106 Å². The Morgan fingerprint density at radius 2 is 1.45 bits per heavy atom. The average molecular weight is 595 g/mol. The maximum absolute atomic E-state index is 15.3. The number of carbonyl (C=O) groups excluding carboxylic acids is 3. The summed E-state index contributed by atoms with van der Waals surface area (Å²) >= 11 is 0. The second kappa shape index (κ2) is 11.9. The molecule has 1 unspecified atom stereocenters. The summed E-state index contributed by atoms with van der Waals surface area (Å²) in [5.41, 5.74) is 4.68. The predicted molar refractivity (Wildman–Crippen MR) is 165 cm³/mol. The number of amides is 3. The second-order valence-electron chi connectivity index (χ2n) is 13.0. The number of hydrogen-bond donors (Lipinski definition) is 1. The molecule has 3 aromatic carbocycles. The summed E-state index contributed by atoms with van der Waals surface area (Å²) in [7, 11) is 0. The molecule has 4 aliphatic heterocycles. The van der Waals surface area contributed by atoms with Gasteiger partial charge in [-0.2, -0.15) is 0 Å². The molecule has 4 aliphatic rings. The van der Waals surface area contributed by atoms with Gasteiger partial charge in [-0.3, -0.25) is 29.5 Å². The van der Waals surface area contributed by atoms with E-state index in [-0.39, 0.29) is 36.6 Å². The molecule has 1 atom stereocenters. The molecule has 0 bridgehead atoms. The zero-order valence-electron chi connectivity index (χ0n) is 25.0. The first-order chi connectivity index (χ1) is 21.4. The highest BCUT2D eigenvalue weighted by atomic mass is 19.1. The molecule has 3 amide bonds. The fraction of sp³-hybridized carbons (Fsp3) is 0.417. The van der Waals surface area contributed by atoms with E-state index in [1.807, 2.05) is 6.07 Å². The SMILES string of the molecule is O=C1CCC(N2Cc3cc(CN4CCC5(CC4)CCN(C(c4ccccc4)c4ccccc4)CC5)c(F)cc3C2=O)C(=O)N1. The van der Waals surface area contributed by atoms with E-state index >= 15 is 4.39 Å². The van der Waals surface area contributed by atoms with Gasteiger partial charge in [0.15, 0.2) is 0 Å². The van der Waals surface area contributed by atoms with Crippen LogP contribution in [0, 0.1) is 11.2 Å². The Bertz CT molecular complexity index is 1500. The number of imide groups is 1. The maximum atomic E-state index is 15.3. The van der Waals surface area contributed by atoms with Crippen LogP contribution in [0.5, 0.6) is 0 Å². The van der Waals surface area contributed by atoms with Crippen LogP contribution in [-0.4, -0.2) is 64.6 Å². The van der Waals surface area contributed by atoms with Crippen LogP contribution in [0.3, 0.4) is 0 Å². The Labute approximate surface area is 258 Å². The van der Waals surface area contributed by atoms with Gasteiger partial charge >= 0.3 is 0 Å². The first-order valence-electron chi connectivity index (χ1n) is 15.9. The van der Waals surface area contributed by atoms with Crippen LogP contribution in [0.4, 0.5) is 4.39 Å². The largest absolute Gasteiger partial charge is 0.322 e. The van der Waals surface area contributed by atoms with E-state index in [2.05, 4.69) is 75.8 Å². The summed E-state index contributed by atoms with van der Waals surface area (Å²) in [6, 6.07) is 24.3. The van der Waals surface area contributed by atoms with E-state index < -0.39 is 11.9 Å². The molecular weight excluding hydrogens is 555 g/mol. The number of hydrogen-bond acceptors (Lipinski definition) is 5. The lowest BCUT2D eigenvalue weighted by atomic mass is 9.70. The minimum absolute atomic E-state index is 0.200. The van der Waals surface area contributed by atoms with Crippen molar-refractivity contribution in [2.24, 2.45) is 5.41 Å². The molecule has 4 heterocycles. The van der Waals surface area contributed by atoms with E-state index in [0.29, 0.717) is 29.5 Å². The topological polar surface area (TPSA) is 73.0 Å². The molecule has 1 spiro atoms. The van der Waals surface area contributed by atoms with Crippen molar-refractivity contribution in [1.29, 1.82) is 0 Å². The van der Waals surface area contributed by atoms with Crippen LogP contribution in [0.15, 0.2) is 72.8 Å². The number of nitrogens with zero attached hydrogens (tertiary/aromatic N) is 3. The zero-order valence-corrected chi connectivity index (χ0v) is 25.0. The van der Waals surface area contributed by atoms with Crippen molar-refractivity contribution in [3.8, 4) is 0 Å². The van der Waals surface area contributed by atoms with Gasteiger partial charge in [-0.1, -0.05) is 60.7 Å². The first-order valence-corrected chi connectivity index (χ1v) is 15.9. The minimum atomic E-state index is -0.695. The van der Waals surface area contributed by atoms with E-state index in [0.717, 1.165) is 44.6 Å². The van der Waals surface area contributed by atoms with Gasteiger partial charge in [0.05, 0.1) is 6.04 Å². The summed E-state index contributed by atoms with van der Waals surface area (Å²) in [5.74, 6) is -1.48. The highest BCUT2D eigenvalue weighted by Gasteiger charge is 2.41. The molecule has 0 aliphatic carbocycles. The lowest BCUT2D eigenvalue weighted by Gasteiger charge is -2.48. The number of piperidine rings is 3. The van der Waals surface area contributed by atoms with Crippen molar-refractivity contribution >= 4 is 17.7 Å². The predicted octanol–water partition coefficient (Wildman–Crippen LogP) is 5.05. The quantitative estimate of drug-likeness (QED) is 0.405. The number of benzene rings is 3. The van der Waals surface area contributed by atoms with Crippen LogP contribution in [-0.2, 0) is 22.7 Å². The maximum Gasteiger partial charge on any atom is 0.255 e. The van der Waals surface area contributed by atoms with Gasteiger partial charge in [-0.15, -0.1) is 0 Å². The van der Waals surface area contributed by atoms with Gasteiger partial charge in [0.25, 0.3) is 5.91 Å². The Balaban J connectivity index is 0.974. The average Bonchev–Trinajstić information content (AvgIpc) is 3.35. The van der Waals surface area contributed by atoms with Crippen molar-refractivity contribution in [1.82, 2.24) is 20.0 Å². The van der Waals surface area contributed by atoms with Crippen LogP contribution in [0.2, 0.25) is 0 Å². The molecule has 0 saturated carbocycles. The number of carbonyl (C=O) groups is 3. The van der Waals surface area contributed by atoms with Gasteiger partial charge in [0, 0.05) is 30.6 Å². The smallest absolute Gasteiger partial charge is 0.255 e. The molecule has 7 rings (SSSR count). The monoisotopic (exact) mass is 594 g/mol. The molecule has 3 saturated heterocycles. The number of halogens is 1. The van der Waals surface area contributed by atoms with Gasteiger partial charge in [-0.25, -0.2) is 4.39 Å². The number of nitrogens with one attached hydrogen (secondary N) is 1. The molecular formula is C36H39FN4O3. The normalized spacial score (nSPS) is 22.5. The molecule has 0 aromatic heterocycles. The zero-order chi connectivity index (χ0) is 30.3. The Morgan fingerprint density at radius 1 is 0.841 bits per heavy atom. The first kappa shape index (κ1) is 28.9. The van der Waals surface area contributed by atoms with E-state index in [4.69, 9.17) is 0 Å². The van der Waals surface area contributed by atoms with Crippen LogP contribution >= 0.6 is 0 Å². The van der Waals surface area contributed by atoms with Gasteiger partial charge < -0.3 is 4.90 Å². The third-order valence-corrected chi connectivity index (χ3v) is 10.5. The molecule has 3 aromatic rings. The Kier molecular flexibility index (Phi) is 7.81. The Morgan fingerprint density at radius 3 is 2.07 bits per heavy atom. The van der Waals surface area contributed by atoms with Gasteiger partial charge in [0.1, 0.15) is 11.9 Å². The van der Waals surface area contributed by atoms with Crippen molar-refractivity contribution < 1.29 is 18.8 Å². The molecule has 44 heavy (non-hydrogen) atoms. The van der Waals surface area contributed by atoms with Crippen LogP contribution < -0.4 is 5.32 Å². The summed E-state index contributed by atoms with van der Waals surface area (Å²) in [5, 5.41) is 2.32.